The minimum atomic E-state index is -2.97. The van der Waals surface area contributed by atoms with Gasteiger partial charge in [0, 0.05) is 5.25 Å². The van der Waals surface area contributed by atoms with Crippen LogP contribution in [0.5, 0.6) is 0 Å². The van der Waals surface area contributed by atoms with Crippen LogP contribution in [0.4, 0.5) is 0 Å². The van der Waals surface area contributed by atoms with Gasteiger partial charge in [-0.1, -0.05) is 39.0 Å². The summed E-state index contributed by atoms with van der Waals surface area (Å²) in [6.45, 7) is 2.21. The van der Waals surface area contributed by atoms with E-state index in [-0.39, 0.29) is 16.8 Å². The van der Waals surface area contributed by atoms with Gasteiger partial charge in [-0.05, 0) is 12.2 Å². The van der Waals surface area contributed by atoms with Crippen LogP contribution in [0.3, 0.4) is 0 Å². The van der Waals surface area contributed by atoms with Gasteiger partial charge in [0.15, 0.2) is 9.84 Å². The normalized spacial score (nSPS) is 27.4. The Kier molecular flexibility index (Phi) is 6.89. The van der Waals surface area contributed by atoms with E-state index in [1.807, 2.05) is 0 Å². The predicted octanol–water partition coefficient (Wildman–Crippen LogP) is 2.24. The summed E-state index contributed by atoms with van der Waals surface area (Å²) in [7, 11) is -2.97. The van der Waals surface area contributed by atoms with Crippen LogP contribution >= 0.6 is 11.8 Å². The standard InChI is InChI=1S/C12H24O3S2/c1-2-3-4-5-6-7-8-16-12-10-17(14,15)9-11(12)13/h11-13H,2-10H2,1H3. The van der Waals surface area contributed by atoms with E-state index in [1.54, 1.807) is 11.8 Å². The fourth-order valence-electron chi connectivity index (χ4n) is 2.07. The maximum absolute atomic E-state index is 11.3. The average Bonchev–Trinajstić information content (AvgIpc) is 2.51. The van der Waals surface area contributed by atoms with Crippen molar-refractivity contribution in [2.45, 2.75) is 56.8 Å². The summed E-state index contributed by atoms with van der Waals surface area (Å²) in [5.74, 6) is 1.10. The van der Waals surface area contributed by atoms with Crippen molar-refractivity contribution in [1.82, 2.24) is 0 Å². The van der Waals surface area contributed by atoms with Crippen LogP contribution in [0.2, 0.25) is 0 Å². The molecule has 0 aromatic carbocycles. The highest BCUT2D eigenvalue weighted by Crippen LogP contribution is 2.25. The average molecular weight is 280 g/mol. The summed E-state index contributed by atoms with van der Waals surface area (Å²) in [5, 5.41) is 9.51. The van der Waals surface area contributed by atoms with Crippen LogP contribution in [0.15, 0.2) is 0 Å². The van der Waals surface area contributed by atoms with Gasteiger partial charge in [0.1, 0.15) is 0 Å². The molecule has 1 aliphatic heterocycles. The highest BCUT2D eigenvalue weighted by atomic mass is 32.2. The van der Waals surface area contributed by atoms with E-state index in [1.165, 1.54) is 32.1 Å². The third-order valence-corrected chi connectivity index (χ3v) is 6.46. The lowest BCUT2D eigenvalue weighted by molar-refractivity contribution is 0.207. The van der Waals surface area contributed by atoms with Crippen molar-refractivity contribution < 1.29 is 13.5 Å². The Morgan fingerprint density at radius 3 is 2.35 bits per heavy atom. The Bertz CT molecular complexity index is 301. The zero-order valence-electron chi connectivity index (χ0n) is 10.6. The maximum Gasteiger partial charge on any atom is 0.154 e. The van der Waals surface area contributed by atoms with Gasteiger partial charge in [-0.15, -0.1) is 0 Å². The van der Waals surface area contributed by atoms with Gasteiger partial charge in [-0.3, -0.25) is 0 Å². The maximum atomic E-state index is 11.3. The molecule has 1 N–H and O–H groups in total. The van der Waals surface area contributed by atoms with Crippen LogP contribution in [-0.2, 0) is 9.84 Å². The number of hydrogen-bond acceptors (Lipinski definition) is 4. The number of hydrogen-bond donors (Lipinski definition) is 1. The molecule has 0 amide bonds. The number of thioether (sulfide) groups is 1. The smallest absolute Gasteiger partial charge is 0.154 e. The largest absolute Gasteiger partial charge is 0.391 e. The van der Waals surface area contributed by atoms with Gasteiger partial charge < -0.3 is 5.11 Å². The first kappa shape index (κ1) is 15.3. The van der Waals surface area contributed by atoms with Crippen molar-refractivity contribution in [3.05, 3.63) is 0 Å². The molecule has 0 aromatic rings. The second kappa shape index (κ2) is 7.64. The van der Waals surface area contributed by atoms with E-state index < -0.39 is 15.9 Å². The van der Waals surface area contributed by atoms with Crippen LogP contribution in [0.25, 0.3) is 0 Å². The Hall–Kier alpha value is 0.260. The van der Waals surface area contributed by atoms with Crippen molar-refractivity contribution in [2.75, 3.05) is 17.3 Å². The molecule has 1 aliphatic rings. The Balaban J connectivity index is 2.04. The highest BCUT2D eigenvalue weighted by molar-refractivity contribution is 8.01. The fraction of sp³-hybridized carbons (Fsp3) is 1.00. The van der Waals surface area contributed by atoms with E-state index >= 15 is 0 Å². The van der Waals surface area contributed by atoms with Gasteiger partial charge >= 0.3 is 0 Å². The molecule has 1 rings (SSSR count). The SMILES string of the molecule is CCCCCCCCSC1CS(=O)(=O)CC1O. The van der Waals surface area contributed by atoms with Crippen molar-refractivity contribution in [1.29, 1.82) is 0 Å². The van der Waals surface area contributed by atoms with Crippen molar-refractivity contribution in [2.24, 2.45) is 0 Å². The first-order valence-electron chi connectivity index (χ1n) is 6.55. The van der Waals surface area contributed by atoms with E-state index in [2.05, 4.69) is 6.92 Å². The number of aliphatic hydroxyl groups is 1. The topological polar surface area (TPSA) is 54.4 Å². The van der Waals surface area contributed by atoms with Crippen molar-refractivity contribution >= 4 is 21.6 Å². The van der Waals surface area contributed by atoms with Gasteiger partial charge in [0.25, 0.3) is 0 Å². The Morgan fingerprint density at radius 2 is 1.76 bits per heavy atom. The van der Waals surface area contributed by atoms with Gasteiger partial charge in [-0.25, -0.2) is 8.42 Å². The number of rotatable bonds is 8. The molecule has 0 bridgehead atoms. The lowest BCUT2D eigenvalue weighted by Crippen LogP contribution is -2.20. The Labute approximate surface area is 109 Å². The van der Waals surface area contributed by atoms with E-state index in [0.29, 0.717) is 0 Å². The van der Waals surface area contributed by atoms with E-state index in [4.69, 9.17) is 0 Å². The molecule has 1 saturated heterocycles. The van der Waals surface area contributed by atoms with E-state index in [9.17, 15) is 13.5 Å². The van der Waals surface area contributed by atoms with Crippen LogP contribution < -0.4 is 0 Å². The van der Waals surface area contributed by atoms with Gasteiger partial charge in [0.2, 0.25) is 0 Å². The fourth-order valence-corrected chi connectivity index (χ4v) is 5.81. The first-order valence-corrected chi connectivity index (χ1v) is 9.42. The van der Waals surface area contributed by atoms with Gasteiger partial charge in [0.05, 0.1) is 17.6 Å². The van der Waals surface area contributed by atoms with Crippen LogP contribution in [0, 0.1) is 0 Å². The quantitative estimate of drug-likeness (QED) is 0.693. The molecule has 0 radical (unpaired) electrons. The molecule has 0 saturated carbocycles. The summed E-state index contributed by atoms with van der Waals surface area (Å²) in [6.07, 6.45) is 6.88. The van der Waals surface area contributed by atoms with Crippen molar-refractivity contribution in [3.63, 3.8) is 0 Å². The lowest BCUT2D eigenvalue weighted by atomic mass is 10.1. The lowest BCUT2D eigenvalue weighted by Gasteiger charge is -2.11. The van der Waals surface area contributed by atoms with Crippen molar-refractivity contribution in [3.8, 4) is 0 Å². The second-order valence-electron chi connectivity index (χ2n) is 4.82. The highest BCUT2D eigenvalue weighted by Gasteiger charge is 2.36. The molecule has 17 heavy (non-hydrogen) atoms. The second-order valence-corrected chi connectivity index (χ2v) is 8.32. The summed E-state index contributed by atoms with van der Waals surface area (Å²) >= 11 is 1.63. The minimum Gasteiger partial charge on any atom is -0.391 e. The third-order valence-electron chi connectivity index (χ3n) is 3.10. The zero-order valence-corrected chi connectivity index (χ0v) is 12.2. The van der Waals surface area contributed by atoms with E-state index in [0.717, 1.165) is 12.2 Å². The van der Waals surface area contributed by atoms with Crippen LogP contribution in [-0.4, -0.2) is 42.1 Å². The minimum absolute atomic E-state index is 0.0405. The molecule has 2 atom stereocenters. The number of sulfone groups is 1. The monoisotopic (exact) mass is 280 g/mol. The molecule has 2 unspecified atom stereocenters. The molecule has 5 heteroatoms. The molecule has 1 heterocycles. The zero-order chi connectivity index (χ0) is 12.7. The van der Waals surface area contributed by atoms with Crippen LogP contribution in [0.1, 0.15) is 45.4 Å². The summed E-state index contributed by atoms with van der Waals surface area (Å²) in [5.41, 5.74) is 0. The summed E-state index contributed by atoms with van der Waals surface area (Å²) in [4.78, 5) is 0. The first-order chi connectivity index (χ1) is 8.05. The molecule has 3 nitrogen and oxygen atoms in total. The number of unbranched alkanes of at least 4 members (excludes halogenated alkanes) is 5. The molecule has 0 aromatic heterocycles. The van der Waals surface area contributed by atoms with Gasteiger partial charge in [-0.2, -0.15) is 11.8 Å². The third kappa shape index (κ3) is 6.11. The molecule has 1 fully saturated rings. The molecular weight excluding hydrogens is 256 g/mol. The molecule has 0 spiro atoms. The summed E-state index contributed by atoms with van der Waals surface area (Å²) in [6, 6.07) is 0. The molecular formula is C12H24O3S2. The molecule has 0 aliphatic carbocycles. The predicted molar refractivity (Wildman–Crippen MR) is 74.3 cm³/mol. The summed E-state index contributed by atoms with van der Waals surface area (Å²) < 4.78 is 22.6. The molecule has 102 valence electrons. The Morgan fingerprint density at radius 1 is 1.12 bits per heavy atom. The number of aliphatic hydroxyl groups excluding tert-OH is 1.